The van der Waals surface area contributed by atoms with Crippen LogP contribution in [0.15, 0.2) is 0 Å². The molecular formula is C20H44N4. The summed E-state index contributed by atoms with van der Waals surface area (Å²) >= 11 is 0. The maximum Gasteiger partial charge on any atom is 0.0108 e. The van der Waals surface area contributed by atoms with Gasteiger partial charge in [0, 0.05) is 6.04 Å². The number of hydrogen-bond acceptors (Lipinski definition) is 4. The monoisotopic (exact) mass is 340 g/mol. The molecule has 3 unspecified atom stereocenters. The average molecular weight is 341 g/mol. The van der Waals surface area contributed by atoms with Gasteiger partial charge in [-0.1, -0.05) is 57.8 Å². The molecule has 0 aliphatic heterocycles. The molecule has 24 heavy (non-hydrogen) atoms. The normalized spacial score (nSPS) is 25.8. The Bertz CT molecular complexity index is 297. The topological polar surface area (TPSA) is 104 Å². The van der Waals surface area contributed by atoms with Crippen molar-refractivity contribution in [2.45, 2.75) is 95.9 Å². The van der Waals surface area contributed by atoms with Crippen LogP contribution in [0.4, 0.5) is 0 Å². The molecule has 0 radical (unpaired) electrons. The Kier molecular flexibility index (Phi) is 11.9. The Morgan fingerprint density at radius 2 is 1.42 bits per heavy atom. The zero-order chi connectivity index (χ0) is 17.7. The first-order chi connectivity index (χ1) is 11.7. The summed E-state index contributed by atoms with van der Waals surface area (Å²) < 4.78 is 0. The minimum atomic E-state index is 0.158. The van der Waals surface area contributed by atoms with E-state index in [1.54, 1.807) is 0 Å². The van der Waals surface area contributed by atoms with Crippen molar-refractivity contribution >= 4 is 0 Å². The van der Waals surface area contributed by atoms with Gasteiger partial charge >= 0.3 is 0 Å². The largest absolute Gasteiger partial charge is 0.330 e. The molecule has 0 amide bonds. The first kappa shape index (κ1) is 21.9. The van der Waals surface area contributed by atoms with Gasteiger partial charge in [0.15, 0.2) is 0 Å². The van der Waals surface area contributed by atoms with E-state index in [0.29, 0.717) is 5.92 Å². The second kappa shape index (κ2) is 13.1. The van der Waals surface area contributed by atoms with Gasteiger partial charge in [0.1, 0.15) is 0 Å². The second-order valence-corrected chi connectivity index (χ2v) is 8.13. The summed E-state index contributed by atoms with van der Waals surface area (Å²) in [6, 6.07) is 0.258. The lowest BCUT2D eigenvalue weighted by Crippen LogP contribution is -2.50. The fraction of sp³-hybridized carbons (Fsp3) is 1.00. The molecule has 0 aromatic rings. The third-order valence-corrected chi connectivity index (χ3v) is 6.23. The van der Waals surface area contributed by atoms with Crippen molar-refractivity contribution in [2.75, 3.05) is 19.6 Å². The van der Waals surface area contributed by atoms with Gasteiger partial charge < -0.3 is 22.9 Å². The summed E-state index contributed by atoms with van der Waals surface area (Å²) in [5.74, 6) is 0.632. The zero-order valence-corrected chi connectivity index (χ0v) is 16.0. The Hall–Kier alpha value is -0.160. The van der Waals surface area contributed by atoms with Crippen LogP contribution in [0.2, 0.25) is 0 Å². The fourth-order valence-corrected chi connectivity index (χ4v) is 4.45. The summed E-state index contributed by atoms with van der Waals surface area (Å²) in [5, 5.41) is 0. The predicted octanol–water partition coefficient (Wildman–Crippen LogP) is 3.27. The minimum Gasteiger partial charge on any atom is -0.330 e. The number of rotatable bonds is 14. The molecule has 144 valence electrons. The van der Waals surface area contributed by atoms with Crippen molar-refractivity contribution in [1.82, 2.24) is 0 Å². The van der Waals surface area contributed by atoms with Crippen LogP contribution in [-0.4, -0.2) is 25.7 Å². The van der Waals surface area contributed by atoms with Crippen LogP contribution in [0, 0.1) is 11.3 Å². The molecule has 0 spiro atoms. The molecule has 1 rings (SSSR count). The van der Waals surface area contributed by atoms with E-state index in [2.05, 4.69) is 0 Å². The molecule has 1 saturated carbocycles. The third-order valence-electron chi connectivity index (χ3n) is 6.23. The van der Waals surface area contributed by atoms with E-state index in [-0.39, 0.29) is 11.5 Å². The van der Waals surface area contributed by atoms with Crippen LogP contribution in [0.3, 0.4) is 0 Å². The van der Waals surface area contributed by atoms with Crippen molar-refractivity contribution in [3.05, 3.63) is 0 Å². The number of nitrogens with two attached hydrogens (primary N) is 4. The summed E-state index contributed by atoms with van der Waals surface area (Å²) in [6.07, 6.45) is 17.9. The molecule has 1 aliphatic rings. The summed E-state index contributed by atoms with van der Waals surface area (Å²) in [5.41, 5.74) is 24.3. The Morgan fingerprint density at radius 3 is 1.96 bits per heavy atom. The van der Waals surface area contributed by atoms with Crippen molar-refractivity contribution < 1.29 is 0 Å². The van der Waals surface area contributed by atoms with Gasteiger partial charge in [-0.25, -0.2) is 0 Å². The van der Waals surface area contributed by atoms with Gasteiger partial charge in [-0.05, 0) is 63.1 Å². The SMILES string of the molecule is NCCCCCCCCCCCC(N)C1(CN)CCCC(CN)C1. The minimum absolute atomic E-state index is 0.158. The van der Waals surface area contributed by atoms with E-state index in [1.807, 2.05) is 0 Å². The highest BCUT2D eigenvalue weighted by Gasteiger charge is 2.39. The molecule has 4 heteroatoms. The van der Waals surface area contributed by atoms with Crippen molar-refractivity contribution in [2.24, 2.45) is 34.3 Å². The first-order valence-corrected chi connectivity index (χ1v) is 10.5. The molecule has 0 saturated heterocycles. The van der Waals surface area contributed by atoms with Crippen LogP contribution >= 0.6 is 0 Å². The highest BCUT2D eigenvalue weighted by molar-refractivity contribution is 4.95. The molecule has 1 aliphatic carbocycles. The van der Waals surface area contributed by atoms with E-state index in [4.69, 9.17) is 22.9 Å². The lowest BCUT2D eigenvalue weighted by molar-refractivity contribution is 0.109. The predicted molar refractivity (Wildman–Crippen MR) is 106 cm³/mol. The molecular weight excluding hydrogens is 296 g/mol. The second-order valence-electron chi connectivity index (χ2n) is 8.13. The number of unbranched alkanes of at least 4 members (excludes halogenated alkanes) is 8. The van der Waals surface area contributed by atoms with Gasteiger partial charge in [0.05, 0.1) is 0 Å². The van der Waals surface area contributed by atoms with Crippen LogP contribution in [0.25, 0.3) is 0 Å². The Balaban J connectivity index is 2.10. The summed E-state index contributed by atoms with van der Waals surface area (Å²) in [4.78, 5) is 0. The molecule has 0 aromatic heterocycles. The van der Waals surface area contributed by atoms with Gasteiger partial charge in [-0.3, -0.25) is 0 Å². The van der Waals surface area contributed by atoms with Crippen LogP contribution in [-0.2, 0) is 0 Å². The summed E-state index contributed by atoms with van der Waals surface area (Å²) in [6.45, 7) is 2.36. The molecule has 0 bridgehead atoms. The van der Waals surface area contributed by atoms with Gasteiger partial charge in [0.25, 0.3) is 0 Å². The fourth-order valence-electron chi connectivity index (χ4n) is 4.45. The van der Waals surface area contributed by atoms with E-state index >= 15 is 0 Å². The van der Waals surface area contributed by atoms with E-state index in [1.165, 1.54) is 77.0 Å². The lowest BCUT2D eigenvalue weighted by atomic mass is 9.64. The standard InChI is InChI=1S/C20H44N4/c21-14-9-7-5-3-1-2-4-6-8-12-19(24)20(17-23)13-10-11-18(15-20)16-22/h18-19H,1-17,21-24H2. The smallest absolute Gasteiger partial charge is 0.0108 e. The van der Waals surface area contributed by atoms with Crippen LogP contribution in [0.1, 0.15) is 89.9 Å². The van der Waals surface area contributed by atoms with E-state index in [0.717, 1.165) is 32.5 Å². The van der Waals surface area contributed by atoms with E-state index in [9.17, 15) is 0 Å². The third kappa shape index (κ3) is 7.81. The molecule has 1 fully saturated rings. The van der Waals surface area contributed by atoms with E-state index < -0.39 is 0 Å². The molecule has 8 N–H and O–H groups in total. The Morgan fingerprint density at radius 1 is 0.833 bits per heavy atom. The molecule has 4 nitrogen and oxygen atoms in total. The average Bonchev–Trinajstić information content (AvgIpc) is 2.62. The first-order valence-electron chi connectivity index (χ1n) is 10.5. The molecule has 0 aromatic carbocycles. The summed E-state index contributed by atoms with van der Waals surface area (Å²) in [7, 11) is 0. The van der Waals surface area contributed by atoms with Gasteiger partial charge in [-0.15, -0.1) is 0 Å². The highest BCUT2D eigenvalue weighted by Crippen LogP contribution is 2.41. The van der Waals surface area contributed by atoms with Crippen molar-refractivity contribution in [3.8, 4) is 0 Å². The number of hydrogen-bond donors (Lipinski definition) is 4. The van der Waals surface area contributed by atoms with Crippen molar-refractivity contribution in [1.29, 1.82) is 0 Å². The maximum atomic E-state index is 6.59. The Labute approximate surface area is 150 Å². The van der Waals surface area contributed by atoms with Crippen LogP contribution in [0.5, 0.6) is 0 Å². The molecule has 0 heterocycles. The molecule has 3 atom stereocenters. The van der Waals surface area contributed by atoms with Gasteiger partial charge in [0.2, 0.25) is 0 Å². The van der Waals surface area contributed by atoms with Crippen molar-refractivity contribution in [3.63, 3.8) is 0 Å². The van der Waals surface area contributed by atoms with Gasteiger partial charge in [-0.2, -0.15) is 0 Å². The maximum absolute atomic E-state index is 6.59. The zero-order valence-electron chi connectivity index (χ0n) is 16.0. The highest BCUT2D eigenvalue weighted by atomic mass is 14.8. The lowest BCUT2D eigenvalue weighted by Gasteiger charge is -2.44. The quantitative estimate of drug-likeness (QED) is 0.364. The van der Waals surface area contributed by atoms with Crippen LogP contribution < -0.4 is 22.9 Å².